The molecule has 0 rings (SSSR count). The minimum Gasteiger partial charge on any atom is -0.350 e. The third-order valence-electron chi connectivity index (χ3n) is 2.51. The molecule has 1 atom stereocenters. The molecule has 3 N–H and O–H groups in total. The maximum Gasteiger partial charge on any atom is 0.220 e. The Balaban J connectivity index is 4.11. The smallest absolute Gasteiger partial charge is 0.220 e. The van der Waals surface area contributed by atoms with Crippen LogP contribution in [-0.4, -0.2) is 18.0 Å². The Morgan fingerprint density at radius 2 is 2.07 bits per heavy atom. The minimum atomic E-state index is -0.237. The average molecular weight is 214 g/mol. The summed E-state index contributed by atoms with van der Waals surface area (Å²) < 4.78 is 0. The number of nitrogens with one attached hydrogen (secondary N) is 1. The van der Waals surface area contributed by atoms with Crippen molar-refractivity contribution in [2.75, 3.05) is 6.54 Å². The van der Waals surface area contributed by atoms with Gasteiger partial charge in [-0.25, -0.2) is 0 Å². The minimum absolute atomic E-state index is 0.130. The normalized spacial score (nSPS) is 15.1. The first kappa shape index (κ1) is 14.4. The van der Waals surface area contributed by atoms with E-state index in [1.807, 2.05) is 6.92 Å². The number of carbonyl (C=O) groups excluding carboxylic acids is 1. The van der Waals surface area contributed by atoms with Crippen molar-refractivity contribution >= 4 is 5.91 Å². The molecule has 0 aliphatic carbocycles. The van der Waals surface area contributed by atoms with E-state index in [0.717, 1.165) is 19.3 Å². The molecule has 0 aliphatic rings. The van der Waals surface area contributed by atoms with Gasteiger partial charge in [0.15, 0.2) is 0 Å². The zero-order valence-electron chi connectivity index (χ0n) is 10.6. The summed E-state index contributed by atoms with van der Waals surface area (Å²) in [4.78, 5) is 11.6. The first-order valence-electron chi connectivity index (χ1n) is 5.94. The van der Waals surface area contributed by atoms with E-state index in [9.17, 15) is 4.79 Å². The fraction of sp³-hybridized carbons (Fsp3) is 0.917. The van der Waals surface area contributed by atoms with Gasteiger partial charge in [0.1, 0.15) is 0 Å². The second-order valence-electron chi connectivity index (χ2n) is 5.01. The van der Waals surface area contributed by atoms with Gasteiger partial charge in [-0.3, -0.25) is 4.79 Å². The van der Waals surface area contributed by atoms with Gasteiger partial charge in [0.05, 0.1) is 0 Å². The second kappa shape index (κ2) is 6.83. The summed E-state index contributed by atoms with van der Waals surface area (Å²) in [7, 11) is 0. The van der Waals surface area contributed by atoms with Crippen LogP contribution in [0.4, 0.5) is 0 Å². The fourth-order valence-corrected chi connectivity index (χ4v) is 1.82. The van der Waals surface area contributed by atoms with Crippen LogP contribution in [0.5, 0.6) is 0 Å². The number of hydrogen-bond donors (Lipinski definition) is 2. The Labute approximate surface area is 93.8 Å². The Morgan fingerprint density at radius 1 is 1.47 bits per heavy atom. The van der Waals surface area contributed by atoms with Crippen LogP contribution in [0, 0.1) is 5.92 Å². The lowest BCUT2D eigenvalue weighted by atomic mass is 9.90. The van der Waals surface area contributed by atoms with Crippen LogP contribution >= 0.6 is 0 Å². The van der Waals surface area contributed by atoms with Crippen molar-refractivity contribution in [3.8, 4) is 0 Å². The van der Waals surface area contributed by atoms with E-state index in [2.05, 4.69) is 26.1 Å². The molecule has 0 saturated heterocycles. The number of amides is 1. The molecule has 0 radical (unpaired) electrons. The van der Waals surface area contributed by atoms with Crippen molar-refractivity contribution < 1.29 is 4.79 Å². The highest BCUT2D eigenvalue weighted by Crippen LogP contribution is 2.15. The summed E-state index contributed by atoms with van der Waals surface area (Å²) in [5, 5.41) is 3.05. The number of unbranched alkanes of at least 4 members (excludes halogenated alkanes) is 1. The highest BCUT2D eigenvalue weighted by molar-refractivity contribution is 5.76. The molecule has 0 bridgehead atoms. The molecule has 1 unspecified atom stereocenters. The maximum atomic E-state index is 11.6. The molecule has 0 heterocycles. The van der Waals surface area contributed by atoms with Gasteiger partial charge >= 0.3 is 0 Å². The third kappa shape index (κ3) is 6.50. The molecule has 0 aliphatic heterocycles. The SMILES string of the molecule is CCCCC(=O)NC(C)(CN)CC(C)C. The number of hydrogen-bond acceptors (Lipinski definition) is 2. The first-order chi connectivity index (χ1) is 6.93. The third-order valence-corrected chi connectivity index (χ3v) is 2.51. The molecule has 0 spiro atoms. The van der Waals surface area contributed by atoms with Crippen molar-refractivity contribution in [1.82, 2.24) is 5.32 Å². The van der Waals surface area contributed by atoms with Gasteiger partial charge in [-0.1, -0.05) is 27.2 Å². The Bertz CT molecular complexity index is 192. The van der Waals surface area contributed by atoms with Crippen molar-refractivity contribution in [3.63, 3.8) is 0 Å². The summed E-state index contributed by atoms with van der Waals surface area (Å²) in [6.07, 6.45) is 3.55. The molecule has 3 heteroatoms. The van der Waals surface area contributed by atoms with Crippen LogP contribution in [-0.2, 0) is 4.79 Å². The Morgan fingerprint density at radius 3 is 2.47 bits per heavy atom. The summed E-state index contributed by atoms with van der Waals surface area (Å²) in [6.45, 7) is 8.90. The molecule has 0 aromatic rings. The van der Waals surface area contributed by atoms with Crippen molar-refractivity contribution in [2.45, 2.75) is 58.9 Å². The van der Waals surface area contributed by atoms with Gasteiger partial charge in [0, 0.05) is 18.5 Å². The van der Waals surface area contributed by atoms with E-state index in [-0.39, 0.29) is 11.4 Å². The lowest BCUT2D eigenvalue weighted by Crippen LogP contribution is -2.52. The van der Waals surface area contributed by atoms with Gasteiger partial charge in [-0.05, 0) is 25.7 Å². The van der Waals surface area contributed by atoms with Crippen LogP contribution < -0.4 is 11.1 Å². The van der Waals surface area contributed by atoms with Crippen LogP contribution in [0.15, 0.2) is 0 Å². The first-order valence-corrected chi connectivity index (χ1v) is 5.94. The maximum absolute atomic E-state index is 11.6. The van der Waals surface area contributed by atoms with Crippen LogP contribution in [0.2, 0.25) is 0 Å². The lowest BCUT2D eigenvalue weighted by molar-refractivity contribution is -0.123. The predicted molar refractivity (Wildman–Crippen MR) is 64.6 cm³/mol. The van der Waals surface area contributed by atoms with Gasteiger partial charge in [-0.15, -0.1) is 0 Å². The van der Waals surface area contributed by atoms with Crippen molar-refractivity contribution in [2.24, 2.45) is 11.7 Å². The largest absolute Gasteiger partial charge is 0.350 e. The Kier molecular flexibility index (Phi) is 6.57. The molecule has 1 amide bonds. The van der Waals surface area contributed by atoms with E-state index in [0.29, 0.717) is 18.9 Å². The summed E-state index contributed by atoms with van der Waals surface area (Å²) in [6, 6.07) is 0. The topological polar surface area (TPSA) is 55.1 Å². The molecule has 90 valence electrons. The zero-order valence-corrected chi connectivity index (χ0v) is 10.6. The lowest BCUT2D eigenvalue weighted by Gasteiger charge is -2.31. The van der Waals surface area contributed by atoms with Crippen LogP contribution in [0.1, 0.15) is 53.4 Å². The molecular formula is C12H26N2O. The molecular weight excluding hydrogens is 188 g/mol. The van der Waals surface area contributed by atoms with Gasteiger partial charge < -0.3 is 11.1 Å². The Hall–Kier alpha value is -0.570. The zero-order chi connectivity index (χ0) is 11.9. The van der Waals surface area contributed by atoms with Gasteiger partial charge in [0.25, 0.3) is 0 Å². The van der Waals surface area contributed by atoms with E-state index >= 15 is 0 Å². The van der Waals surface area contributed by atoms with Crippen molar-refractivity contribution in [3.05, 3.63) is 0 Å². The summed E-state index contributed by atoms with van der Waals surface area (Å²) in [5.41, 5.74) is 5.48. The monoisotopic (exact) mass is 214 g/mol. The molecule has 0 aromatic carbocycles. The van der Waals surface area contributed by atoms with Crippen LogP contribution in [0.3, 0.4) is 0 Å². The number of rotatable bonds is 7. The van der Waals surface area contributed by atoms with Crippen LogP contribution in [0.25, 0.3) is 0 Å². The highest BCUT2D eigenvalue weighted by atomic mass is 16.1. The number of carbonyl (C=O) groups is 1. The molecule has 0 fully saturated rings. The second-order valence-corrected chi connectivity index (χ2v) is 5.01. The summed E-state index contributed by atoms with van der Waals surface area (Å²) >= 11 is 0. The average Bonchev–Trinajstić information content (AvgIpc) is 2.13. The van der Waals surface area contributed by atoms with E-state index in [1.165, 1.54) is 0 Å². The van der Waals surface area contributed by atoms with Gasteiger partial charge in [-0.2, -0.15) is 0 Å². The molecule has 3 nitrogen and oxygen atoms in total. The van der Waals surface area contributed by atoms with Gasteiger partial charge in [0.2, 0.25) is 5.91 Å². The predicted octanol–water partition coefficient (Wildman–Crippen LogP) is 2.06. The van der Waals surface area contributed by atoms with E-state index in [4.69, 9.17) is 5.73 Å². The van der Waals surface area contributed by atoms with Crippen molar-refractivity contribution in [1.29, 1.82) is 0 Å². The molecule has 0 aromatic heterocycles. The fourth-order valence-electron chi connectivity index (χ4n) is 1.82. The quantitative estimate of drug-likeness (QED) is 0.681. The highest BCUT2D eigenvalue weighted by Gasteiger charge is 2.25. The van der Waals surface area contributed by atoms with E-state index in [1.54, 1.807) is 0 Å². The summed E-state index contributed by atoms with van der Waals surface area (Å²) in [5.74, 6) is 0.676. The molecule has 15 heavy (non-hydrogen) atoms. The van der Waals surface area contributed by atoms with E-state index < -0.39 is 0 Å². The standard InChI is InChI=1S/C12H26N2O/c1-5-6-7-11(15)14-12(4,9-13)8-10(2)3/h10H,5-9,13H2,1-4H3,(H,14,15). The number of nitrogens with two attached hydrogens (primary N) is 1. The molecule has 0 saturated carbocycles.